The predicted molar refractivity (Wildman–Crippen MR) is 86.6 cm³/mol. The molecule has 1 aromatic heterocycles. The molecule has 0 atom stereocenters. The fourth-order valence-corrected chi connectivity index (χ4v) is 3.60. The van der Waals surface area contributed by atoms with Crippen LogP contribution in [0.15, 0.2) is 18.5 Å². The number of piperidine rings is 1. The minimum absolute atomic E-state index is 0.251. The fraction of sp³-hybridized carbons (Fsp3) is 0.706. The van der Waals surface area contributed by atoms with Gasteiger partial charge < -0.3 is 10.2 Å². The molecule has 1 aliphatic carbocycles. The van der Waals surface area contributed by atoms with E-state index in [9.17, 15) is 4.79 Å². The third kappa shape index (κ3) is 4.18. The summed E-state index contributed by atoms with van der Waals surface area (Å²) in [5, 5.41) is 3.15. The zero-order valence-electron chi connectivity index (χ0n) is 13.2. The van der Waals surface area contributed by atoms with Gasteiger partial charge in [-0.2, -0.15) is 0 Å². The Bertz CT molecular complexity index is 465. The summed E-state index contributed by atoms with van der Waals surface area (Å²) in [7, 11) is 0. The van der Waals surface area contributed by atoms with Crippen molar-refractivity contribution in [2.75, 3.05) is 24.5 Å². The lowest BCUT2D eigenvalue weighted by atomic mass is 9.96. The van der Waals surface area contributed by atoms with Gasteiger partial charge in [-0.05, 0) is 43.6 Å². The fourth-order valence-electron chi connectivity index (χ4n) is 3.60. The Morgan fingerprint density at radius 3 is 2.45 bits per heavy atom. The molecule has 0 aromatic carbocycles. The van der Waals surface area contributed by atoms with Gasteiger partial charge in [0, 0.05) is 38.4 Å². The van der Waals surface area contributed by atoms with Gasteiger partial charge in [0.1, 0.15) is 0 Å². The van der Waals surface area contributed by atoms with E-state index in [4.69, 9.17) is 0 Å². The van der Waals surface area contributed by atoms with Gasteiger partial charge in [-0.15, -0.1) is 0 Å². The largest absolute Gasteiger partial charge is 0.356 e. The van der Waals surface area contributed by atoms with Gasteiger partial charge in [0.05, 0.1) is 0 Å². The second-order valence-electron chi connectivity index (χ2n) is 6.64. The van der Waals surface area contributed by atoms with Crippen molar-refractivity contribution in [1.29, 1.82) is 0 Å². The zero-order valence-corrected chi connectivity index (χ0v) is 13.2. The predicted octanol–water partition coefficient (Wildman–Crippen LogP) is 2.39. The number of aromatic nitrogens is 2. The van der Waals surface area contributed by atoms with Crippen molar-refractivity contribution in [2.24, 2.45) is 11.8 Å². The first-order valence-electron chi connectivity index (χ1n) is 8.60. The Morgan fingerprint density at radius 1 is 1.09 bits per heavy atom. The number of anilines is 1. The van der Waals surface area contributed by atoms with Crippen molar-refractivity contribution < 1.29 is 4.79 Å². The van der Waals surface area contributed by atoms with Crippen LogP contribution in [0.4, 0.5) is 5.95 Å². The van der Waals surface area contributed by atoms with Gasteiger partial charge in [-0.25, -0.2) is 9.97 Å². The second kappa shape index (κ2) is 7.56. The van der Waals surface area contributed by atoms with Gasteiger partial charge in [0.25, 0.3) is 0 Å². The van der Waals surface area contributed by atoms with Crippen LogP contribution in [0.3, 0.4) is 0 Å². The summed E-state index contributed by atoms with van der Waals surface area (Å²) < 4.78 is 0. The van der Waals surface area contributed by atoms with Gasteiger partial charge >= 0.3 is 0 Å². The van der Waals surface area contributed by atoms with Crippen LogP contribution >= 0.6 is 0 Å². The standard InChI is InChI=1S/C17H26N4O/c22-16(12-14-4-1-2-5-14)20-13-15-6-10-21(11-7-15)17-18-8-3-9-19-17/h3,8-9,14-15H,1-2,4-7,10-13H2,(H,20,22). The lowest BCUT2D eigenvalue weighted by molar-refractivity contribution is -0.122. The number of amides is 1. The zero-order chi connectivity index (χ0) is 15.2. The van der Waals surface area contributed by atoms with Gasteiger partial charge in [0.15, 0.2) is 0 Å². The van der Waals surface area contributed by atoms with E-state index in [1.807, 2.05) is 6.07 Å². The van der Waals surface area contributed by atoms with Crippen LogP contribution in [0.2, 0.25) is 0 Å². The molecule has 22 heavy (non-hydrogen) atoms. The first kappa shape index (κ1) is 15.3. The third-order valence-electron chi connectivity index (χ3n) is 4.99. The van der Waals surface area contributed by atoms with Crippen LogP contribution < -0.4 is 10.2 Å². The number of rotatable bonds is 5. The van der Waals surface area contributed by atoms with E-state index in [1.54, 1.807) is 12.4 Å². The monoisotopic (exact) mass is 302 g/mol. The maximum atomic E-state index is 12.0. The Kier molecular flexibility index (Phi) is 5.24. The summed E-state index contributed by atoms with van der Waals surface area (Å²) in [6.07, 6.45) is 11.6. The van der Waals surface area contributed by atoms with Gasteiger partial charge in [0.2, 0.25) is 11.9 Å². The molecule has 120 valence electrons. The SMILES string of the molecule is O=C(CC1CCCC1)NCC1CCN(c2ncccn2)CC1. The maximum absolute atomic E-state index is 12.0. The van der Waals surface area contributed by atoms with Crippen LogP contribution in [0.1, 0.15) is 44.9 Å². The van der Waals surface area contributed by atoms with Gasteiger partial charge in [-0.3, -0.25) is 4.79 Å². The van der Waals surface area contributed by atoms with Crippen molar-refractivity contribution in [3.63, 3.8) is 0 Å². The molecule has 1 N–H and O–H groups in total. The molecule has 1 saturated heterocycles. The highest BCUT2D eigenvalue weighted by Gasteiger charge is 2.22. The summed E-state index contributed by atoms with van der Waals surface area (Å²) >= 11 is 0. The molecule has 1 saturated carbocycles. The van der Waals surface area contributed by atoms with Crippen molar-refractivity contribution >= 4 is 11.9 Å². The molecular weight excluding hydrogens is 276 g/mol. The molecule has 2 heterocycles. The molecule has 0 radical (unpaired) electrons. The first-order chi connectivity index (χ1) is 10.8. The average molecular weight is 302 g/mol. The smallest absolute Gasteiger partial charge is 0.225 e. The van der Waals surface area contributed by atoms with Gasteiger partial charge in [-0.1, -0.05) is 12.8 Å². The maximum Gasteiger partial charge on any atom is 0.225 e. The molecule has 0 bridgehead atoms. The number of carbonyl (C=O) groups excluding carboxylic acids is 1. The van der Waals surface area contributed by atoms with E-state index in [0.29, 0.717) is 11.8 Å². The van der Waals surface area contributed by atoms with Crippen molar-refractivity contribution in [1.82, 2.24) is 15.3 Å². The number of nitrogens with one attached hydrogen (secondary N) is 1. The van der Waals surface area contributed by atoms with E-state index in [-0.39, 0.29) is 5.91 Å². The van der Waals surface area contributed by atoms with E-state index < -0.39 is 0 Å². The Labute approximate surface area is 132 Å². The molecule has 1 aromatic rings. The quantitative estimate of drug-likeness (QED) is 0.907. The van der Waals surface area contributed by atoms with E-state index in [0.717, 1.165) is 44.8 Å². The number of nitrogens with zero attached hydrogens (tertiary/aromatic N) is 3. The van der Waals surface area contributed by atoms with Crippen LogP contribution in [0, 0.1) is 11.8 Å². The number of hydrogen-bond donors (Lipinski definition) is 1. The van der Waals surface area contributed by atoms with E-state index in [1.165, 1.54) is 25.7 Å². The molecule has 2 fully saturated rings. The summed E-state index contributed by atoms with van der Waals surface area (Å²) in [4.78, 5) is 22.8. The Balaban J connectivity index is 1.36. The van der Waals surface area contributed by atoms with E-state index >= 15 is 0 Å². The Morgan fingerprint density at radius 2 is 1.77 bits per heavy atom. The van der Waals surface area contributed by atoms with Crippen LogP contribution in [0.25, 0.3) is 0 Å². The number of hydrogen-bond acceptors (Lipinski definition) is 4. The summed E-state index contributed by atoms with van der Waals surface area (Å²) in [5.74, 6) is 2.30. The lowest BCUT2D eigenvalue weighted by Crippen LogP contribution is -2.39. The molecule has 0 unspecified atom stereocenters. The first-order valence-corrected chi connectivity index (χ1v) is 8.60. The molecule has 1 amide bonds. The van der Waals surface area contributed by atoms with Crippen molar-refractivity contribution in [3.05, 3.63) is 18.5 Å². The second-order valence-corrected chi connectivity index (χ2v) is 6.64. The molecular formula is C17H26N4O. The summed E-state index contributed by atoms with van der Waals surface area (Å²) in [6.45, 7) is 2.79. The molecule has 0 spiro atoms. The highest BCUT2D eigenvalue weighted by molar-refractivity contribution is 5.76. The summed E-state index contributed by atoms with van der Waals surface area (Å²) in [6, 6.07) is 1.84. The van der Waals surface area contributed by atoms with Crippen molar-refractivity contribution in [2.45, 2.75) is 44.9 Å². The highest BCUT2D eigenvalue weighted by Crippen LogP contribution is 2.27. The molecule has 3 rings (SSSR count). The minimum Gasteiger partial charge on any atom is -0.356 e. The Hall–Kier alpha value is -1.65. The topological polar surface area (TPSA) is 58.1 Å². The van der Waals surface area contributed by atoms with Crippen molar-refractivity contribution in [3.8, 4) is 0 Å². The van der Waals surface area contributed by atoms with E-state index in [2.05, 4.69) is 20.2 Å². The average Bonchev–Trinajstić information content (AvgIpc) is 3.07. The highest BCUT2D eigenvalue weighted by atomic mass is 16.1. The number of carbonyl (C=O) groups is 1. The van der Waals surface area contributed by atoms with Crippen LogP contribution in [-0.4, -0.2) is 35.5 Å². The van der Waals surface area contributed by atoms with Crippen LogP contribution in [-0.2, 0) is 4.79 Å². The molecule has 5 nitrogen and oxygen atoms in total. The molecule has 2 aliphatic rings. The minimum atomic E-state index is 0.251. The normalized spacial score (nSPS) is 20.3. The van der Waals surface area contributed by atoms with Crippen LogP contribution in [0.5, 0.6) is 0 Å². The molecule has 5 heteroatoms. The lowest BCUT2D eigenvalue weighted by Gasteiger charge is -2.32. The summed E-state index contributed by atoms with van der Waals surface area (Å²) in [5.41, 5.74) is 0. The third-order valence-corrected chi connectivity index (χ3v) is 4.99. The molecule has 1 aliphatic heterocycles.